The number of hydrazone groups is 1. The van der Waals surface area contributed by atoms with E-state index in [1.54, 1.807) is 18.3 Å². The van der Waals surface area contributed by atoms with Crippen molar-refractivity contribution in [2.45, 2.75) is 13.5 Å². The first-order valence-corrected chi connectivity index (χ1v) is 10.1. The fraction of sp³-hybridized carbons (Fsp3) is 0.364. The van der Waals surface area contributed by atoms with Crippen LogP contribution in [0.5, 0.6) is 17.2 Å². The van der Waals surface area contributed by atoms with Crippen LogP contribution in [0.4, 0.5) is 0 Å². The maximum atomic E-state index is 11.3. The molecule has 30 heavy (non-hydrogen) atoms. The highest BCUT2D eigenvalue weighted by atomic mass is 35.5. The van der Waals surface area contributed by atoms with Gasteiger partial charge in [0, 0.05) is 50.2 Å². The van der Waals surface area contributed by atoms with Crippen molar-refractivity contribution >= 4 is 23.8 Å². The van der Waals surface area contributed by atoms with Gasteiger partial charge in [-0.3, -0.25) is 14.7 Å². The number of piperazine rings is 1. The number of rotatable bonds is 7. The van der Waals surface area contributed by atoms with Gasteiger partial charge in [-0.1, -0.05) is 23.7 Å². The van der Waals surface area contributed by atoms with Crippen molar-refractivity contribution in [3.8, 4) is 17.2 Å². The average molecular weight is 432 g/mol. The van der Waals surface area contributed by atoms with Crippen LogP contribution in [0.3, 0.4) is 0 Å². The first-order chi connectivity index (χ1) is 14.5. The molecule has 1 aliphatic rings. The molecule has 0 amide bonds. The Balaban J connectivity index is 1.61. The largest absolute Gasteiger partial charge is 0.493 e. The van der Waals surface area contributed by atoms with E-state index in [0.29, 0.717) is 11.5 Å². The Kier molecular flexibility index (Phi) is 7.54. The van der Waals surface area contributed by atoms with Crippen molar-refractivity contribution in [3.05, 3.63) is 52.5 Å². The highest BCUT2D eigenvalue weighted by Crippen LogP contribution is 2.38. The molecule has 0 unspecified atom stereocenters. The summed E-state index contributed by atoms with van der Waals surface area (Å²) in [4.78, 5) is 13.7. The number of esters is 1. The Morgan fingerprint density at radius 1 is 1.07 bits per heavy atom. The third-order valence-electron chi connectivity index (χ3n) is 4.77. The van der Waals surface area contributed by atoms with Gasteiger partial charge in [0.05, 0.1) is 20.4 Å². The second-order valence-electron chi connectivity index (χ2n) is 6.95. The Morgan fingerprint density at radius 3 is 2.20 bits per heavy atom. The molecule has 8 heteroatoms. The third-order valence-corrected chi connectivity index (χ3v) is 5.02. The van der Waals surface area contributed by atoms with Gasteiger partial charge in [-0.2, -0.15) is 5.10 Å². The minimum Gasteiger partial charge on any atom is -0.493 e. The minimum atomic E-state index is -0.440. The number of nitrogens with zero attached hydrogens (tertiary/aromatic N) is 3. The van der Waals surface area contributed by atoms with Crippen LogP contribution < -0.4 is 14.2 Å². The number of carbonyl (C=O) groups excluding carboxylic acids is 1. The third kappa shape index (κ3) is 5.87. The van der Waals surface area contributed by atoms with Crippen LogP contribution in [0, 0.1) is 0 Å². The average Bonchev–Trinajstić information content (AvgIpc) is 2.75. The lowest BCUT2D eigenvalue weighted by Gasteiger charge is -2.33. The number of halogens is 1. The van der Waals surface area contributed by atoms with E-state index in [0.717, 1.165) is 43.3 Å². The van der Waals surface area contributed by atoms with Crippen LogP contribution in [0.25, 0.3) is 0 Å². The molecule has 1 fully saturated rings. The maximum absolute atomic E-state index is 11.3. The van der Waals surface area contributed by atoms with Crippen molar-refractivity contribution < 1.29 is 19.0 Å². The van der Waals surface area contributed by atoms with Gasteiger partial charge in [-0.25, -0.2) is 0 Å². The van der Waals surface area contributed by atoms with Gasteiger partial charge in [-0.15, -0.1) is 0 Å². The van der Waals surface area contributed by atoms with E-state index in [2.05, 4.69) is 22.1 Å². The Labute approximate surface area is 181 Å². The van der Waals surface area contributed by atoms with Gasteiger partial charge in [0.15, 0.2) is 11.5 Å². The molecule has 1 heterocycles. The summed E-state index contributed by atoms with van der Waals surface area (Å²) in [7, 11) is 3.03. The zero-order chi connectivity index (χ0) is 21.5. The molecule has 2 aromatic carbocycles. The Bertz CT molecular complexity index is 869. The second kappa shape index (κ2) is 10.3. The van der Waals surface area contributed by atoms with E-state index in [9.17, 15) is 4.79 Å². The first-order valence-electron chi connectivity index (χ1n) is 9.68. The monoisotopic (exact) mass is 431 g/mol. The second-order valence-corrected chi connectivity index (χ2v) is 7.39. The number of hydrogen-bond acceptors (Lipinski definition) is 7. The molecule has 0 radical (unpaired) electrons. The lowest BCUT2D eigenvalue weighted by molar-refractivity contribution is -0.132. The van der Waals surface area contributed by atoms with Crippen molar-refractivity contribution in [1.82, 2.24) is 9.91 Å². The molecular formula is C22H26ClN3O4. The zero-order valence-corrected chi connectivity index (χ0v) is 18.2. The standard InChI is InChI=1S/C22H26ClN3O4/c1-16(27)30-22-20(28-2)12-18(13-21(22)29-3)14-24-26-10-8-25(9-11-26)15-17-4-6-19(23)7-5-17/h4-7,12-14H,8-11,15H2,1-3H3/b24-14-. The molecule has 7 nitrogen and oxygen atoms in total. The smallest absolute Gasteiger partial charge is 0.308 e. The van der Waals surface area contributed by atoms with Gasteiger partial charge in [0.1, 0.15) is 0 Å². The van der Waals surface area contributed by atoms with E-state index in [4.69, 9.17) is 25.8 Å². The van der Waals surface area contributed by atoms with Crippen molar-refractivity contribution in [3.63, 3.8) is 0 Å². The molecular weight excluding hydrogens is 406 g/mol. The van der Waals surface area contributed by atoms with Gasteiger partial charge >= 0.3 is 5.97 Å². The summed E-state index contributed by atoms with van der Waals surface area (Å²) < 4.78 is 15.9. The van der Waals surface area contributed by atoms with E-state index >= 15 is 0 Å². The summed E-state index contributed by atoms with van der Waals surface area (Å²) in [6.07, 6.45) is 1.76. The molecule has 3 rings (SSSR count). The first kappa shape index (κ1) is 21.9. The number of ether oxygens (including phenoxy) is 3. The van der Waals surface area contributed by atoms with Crippen LogP contribution in [-0.4, -0.2) is 62.5 Å². The molecule has 0 bridgehead atoms. The molecule has 1 aliphatic heterocycles. The van der Waals surface area contributed by atoms with Crippen molar-refractivity contribution in [2.75, 3.05) is 40.4 Å². The van der Waals surface area contributed by atoms with Crippen LogP contribution in [0.2, 0.25) is 5.02 Å². The molecule has 0 spiro atoms. The normalized spacial score (nSPS) is 14.7. The summed E-state index contributed by atoms with van der Waals surface area (Å²) >= 11 is 5.95. The Hall–Kier alpha value is -2.77. The lowest BCUT2D eigenvalue weighted by atomic mass is 10.2. The molecule has 0 N–H and O–H groups in total. The quantitative estimate of drug-likeness (QED) is 0.380. The number of carbonyl (C=O) groups is 1. The summed E-state index contributed by atoms with van der Waals surface area (Å²) in [5, 5.41) is 7.39. The minimum absolute atomic E-state index is 0.264. The highest BCUT2D eigenvalue weighted by molar-refractivity contribution is 6.30. The lowest BCUT2D eigenvalue weighted by Crippen LogP contribution is -2.43. The molecule has 1 saturated heterocycles. The summed E-state index contributed by atoms with van der Waals surface area (Å²) in [5.41, 5.74) is 2.05. The SMILES string of the molecule is COc1cc(/C=N\N2CCN(Cc3ccc(Cl)cc3)CC2)cc(OC)c1OC(C)=O. The molecule has 0 aliphatic carbocycles. The van der Waals surface area contributed by atoms with Crippen LogP contribution in [-0.2, 0) is 11.3 Å². The molecule has 0 atom stereocenters. The summed E-state index contributed by atoms with van der Waals surface area (Å²) in [6, 6.07) is 11.5. The number of methoxy groups -OCH3 is 2. The zero-order valence-electron chi connectivity index (χ0n) is 17.4. The fourth-order valence-electron chi connectivity index (χ4n) is 3.23. The number of hydrogen-bond donors (Lipinski definition) is 0. The molecule has 160 valence electrons. The molecule has 0 aromatic heterocycles. The Morgan fingerprint density at radius 2 is 1.67 bits per heavy atom. The van der Waals surface area contributed by atoms with E-state index in [1.807, 2.05) is 17.1 Å². The van der Waals surface area contributed by atoms with Gasteiger partial charge < -0.3 is 14.2 Å². The maximum Gasteiger partial charge on any atom is 0.308 e. The topological polar surface area (TPSA) is 63.6 Å². The fourth-order valence-corrected chi connectivity index (χ4v) is 3.35. The summed E-state index contributed by atoms with van der Waals surface area (Å²) in [5.74, 6) is 0.655. The molecule has 2 aromatic rings. The van der Waals surface area contributed by atoms with Crippen LogP contribution in [0.1, 0.15) is 18.1 Å². The van der Waals surface area contributed by atoms with Crippen molar-refractivity contribution in [1.29, 1.82) is 0 Å². The van der Waals surface area contributed by atoms with Crippen LogP contribution in [0.15, 0.2) is 41.5 Å². The van der Waals surface area contributed by atoms with Gasteiger partial charge in [0.2, 0.25) is 5.75 Å². The summed E-state index contributed by atoms with van der Waals surface area (Å²) in [6.45, 7) is 5.77. The number of benzene rings is 2. The van der Waals surface area contributed by atoms with E-state index in [1.165, 1.54) is 26.7 Å². The predicted octanol–water partition coefficient (Wildman–Crippen LogP) is 3.43. The van der Waals surface area contributed by atoms with E-state index in [-0.39, 0.29) is 5.75 Å². The van der Waals surface area contributed by atoms with Crippen molar-refractivity contribution in [2.24, 2.45) is 5.10 Å². The van der Waals surface area contributed by atoms with Gasteiger partial charge in [0.25, 0.3) is 0 Å². The predicted molar refractivity (Wildman–Crippen MR) is 117 cm³/mol. The van der Waals surface area contributed by atoms with Crippen LogP contribution >= 0.6 is 11.6 Å². The van der Waals surface area contributed by atoms with E-state index < -0.39 is 5.97 Å². The van der Waals surface area contributed by atoms with Gasteiger partial charge in [-0.05, 0) is 29.8 Å². The highest BCUT2D eigenvalue weighted by Gasteiger charge is 2.17. The molecule has 0 saturated carbocycles.